The van der Waals surface area contributed by atoms with Crippen molar-refractivity contribution < 1.29 is 4.79 Å². The van der Waals surface area contributed by atoms with Gasteiger partial charge in [0.1, 0.15) is 12.4 Å². The molecule has 2 N–H and O–H groups in total. The molecule has 0 fully saturated rings. The van der Waals surface area contributed by atoms with E-state index in [0.717, 1.165) is 22.4 Å². The van der Waals surface area contributed by atoms with Crippen molar-refractivity contribution in [2.45, 2.75) is 46.3 Å². The van der Waals surface area contributed by atoms with E-state index in [0.29, 0.717) is 31.4 Å². The fraction of sp³-hybridized carbons (Fsp3) is 0.500. The normalized spacial score (nSPS) is 11.6. The summed E-state index contributed by atoms with van der Waals surface area (Å²) in [7, 11) is 2.00. The monoisotopic (exact) mass is 370 g/mol. The molecule has 0 bridgehead atoms. The molecule has 0 aliphatic heterocycles. The van der Waals surface area contributed by atoms with Gasteiger partial charge in [-0.2, -0.15) is 0 Å². The molecule has 0 saturated carbocycles. The highest BCUT2D eigenvalue weighted by molar-refractivity contribution is 5.78. The summed E-state index contributed by atoms with van der Waals surface area (Å²) in [6, 6.07) is 6.42. The minimum Gasteiger partial charge on any atom is -0.354 e. The van der Waals surface area contributed by atoms with Crippen molar-refractivity contribution in [3.8, 4) is 0 Å². The van der Waals surface area contributed by atoms with E-state index in [9.17, 15) is 4.79 Å². The standard InChI is InChI=1S/C18H26N8O/c1-12(2)25(4)10-16-22-23-24-26(16)11-17(27)19-9-8-15-20-14-7-5-6-13(3)18(14)21-15/h5-7,12H,8-11H2,1-4H3,(H,19,27)(H,20,21). The van der Waals surface area contributed by atoms with Gasteiger partial charge in [0.25, 0.3) is 0 Å². The lowest BCUT2D eigenvalue weighted by molar-refractivity contribution is -0.121. The Balaban J connectivity index is 1.51. The van der Waals surface area contributed by atoms with Crippen LogP contribution in [-0.4, -0.2) is 60.6 Å². The van der Waals surface area contributed by atoms with Crippen molar-refractivity contribution in [3.63, 3.8) is 0 Å². The molecule has 2 heterocycles. The van der Waals surface area contributed by atoms with Crippen LogP contribution in [0.2, 0.25) is 0 Å². The number of benzene rings is 1. The molecular formula is C18H26N8O. The number of hydrogen-bond donors (Lipinski definition) is 2. The van der Waals surface area contributed by atoms with Crippen molar-refractivity contribution in [1.82, 2.24) is 40.4 Å². The van der Waals surface area contributed by atoms with Gasteiger partial charge in [-0.05, 0) is 49.9 Å². The molecule has 3 rings (SSSR count). The van der Waals surface area contributed by atoms with Gasteiger partial charge in [0.15, 0.2) is 5.82 Å². The average Bonchev–Trinajstić information content (AvgIpc) is 3.22. The van der Waals surface area contributed by atoms with Crippen molar-refractivity contribution in [2.24, 2.45) is 0 Å². The number of nitrogens with one attached hydrogen (secondary N) is 2. The maximum atomic E-state index is 12.2. The van der Waals surface area contributed by atoms with Crippen molar-refractivity contribution in [3.05, 3.63) is 35.4 Å². The number of para-hydroxylation sites is 1. The molecule has 2 aromatic heterocycles. The van der Waals surface area contributed by atoms with E-state index >= 15 is 0 Å². The highest BCUT2D eigenvalue weighted by Gasteiger charge is 2.14. The third-order valence-corrected chi connectivity index (χ3v) is 4.62. The number of carbonyl (C=O) groups is 1. The zero-order chi connectivity index (χ0) is 19.4. The number of aryl methyl sites for hydroxylation is 1. The van der Waals surface area contributed by atoms with Gasteiger partial charge in [0.2, 0.25) is 5.91 Å². The molecule has 0 aliphatic rings. The smallest absolute Gasteiger partial charge is 0.241 e. The first kappa shape index (κ1) is 19.0. The quantitative estimate of drug-likeness (QED) is 0.614. The van der Waals surface area contributed by atoms with E-state index in [-0.39, 0.29) is 12.5 Å². The molecule has 0 saturated heterocycles. The van der Waals surface area contributed by atoms with E-state index in [1.165, 1.54) is 0 Å². The second-order valence-corrected chi connectivity index (χ2v) is 7.02. The lowest BCUT2D eigenvalue weighted by Crippen LogP contribution is -2.32. The Kier molecular flexibility index (Phi) is 5.80. The molecule has 0 radical (unpaired) electrons. The number of imidazole rings is 1. The van der Waals surface area contributed by atoms with Crippen LogP contribution >= 0.6 is 0 Å². The van der Waals surface area contributed by atoms with Crippen LogP contribution in [0.1, 0.15) is 31.1 Å². The van der Waals surface area contributed by atoms with Gasteiger partial charge >= 0.3 is 0 Å². The van der Waals surface area contributed by atoms with Crippen LogP contribution in [0.3, 0.4) is 0 Å². The van der Waals surface area contributed by atoms with Gasteiger partial charge in [-0.3, -0.25) is 9.69 Å². The highest BCUT2D eigenvalue weighted by Crippen LogP contribution is 2.15. The number of tetrazole rings is 1. The SMILES string of the molecule is Cc1cccc2[nH]c(CCNC(=O)Cn3nnnc3CN(C)C(C)C)nc12. The van der Waals surface area contributed by atoms with E-state index in [2.05, 4.69) is 49.6 Å². The van der Waals surface area contributed by atoms with E-state index in [4.69, 9.17) is 0 Å². The van der Waals surface area contributed by atoms with Crippen LogP contribution in [0.25, 0.3) is 11.0 Å². The zero-order valence-electron chi connectivity index (χ0n) is 16.2. The minimum absolute atomic E-state index is 0.105. The Hall–Kier alpha value is -2.81. The molecule has 0 unspecified atom stereocenters. The molecule has 1 amide bonds. The summed E-state index contributed by atoms with van der Waals surface area (Å²) >= 11 is 0. The maximum absolute atomic E-state index is 12.2. The Bertz CT molecular complexity index is 913. The average molecular weight is 370 g/mol. The lowest BCUT2D eigenvalue weighted by atomic mass is 10.2. The molecule has 0 spiro atoms. The number of nitrogens with zero attached hydrogens (tertiary/aromatic N) is 6. The first-order valence-electron chi connectivity index (χ1n) is 9.10. The number of aromatic amines is 1. The summed E-state index contributed by atoms with van der Waals surface area (Å²) in [5.74, 6) is 1.42. The summed E-state index contributed by atoms with van der Waals surface area (Å²) in [4.78, 5) is 22.2. The van der Waals surface area contributed by atoms with Crippen LogP contribution in [0.15, 0.2) is 18.2 Å². The lowest BCUT2D eigenvalue weighted by Gasteiger charge is -2.19. The fourth-order valence-corrected chi connectivity index (χ4v) is 2.72. The Labute approximate surface area is 158 Å². The van der Waals surface area contributed by atoms with Gasteiger partial charge in [-0.25, -0.2) is 9.67 Å². The third-order valence-electron chi connectivity index (χ3n) is 4.62. The van der Waals surface area contributed by atoms with Crippen LogP contribution < -0.4 is 5.32 Å². The number of aromatic nitrogens is 6. The first-order valence-corrected chi connectivity index (χ1v) is 9.10. The molecule has 144 valence electrons. The zero-order valence-corrected chi connectivity index (χ0v) is 16.2. The highest BCUT2D eigenvalue weighted by atomic mass is 16.2. The molecule has 0 aliphatic carbocycles. The predicted molar refractivity (Wildman–Crippen MR) is 102 cm³/mol. The van der Waals surface area contributed by atoms with Crippen LogP contribution in [-0.2, 0) is 24.3 Å². The van der Waals surface area contributed by atoms with E-state index in [1.807, 2.05) is 32.2 Å². The van der Waals surface area contributed by atoms with Crippen molar-refractivity contribution >= 4 is 16.9 Å². The number of hydrogen-bond acceptors (Lipinski definition) is 6. The number of fused-ring (bicyclic) bond motifs is 1. The van der Waals surface area contributed by atoms with Crippen molar-refractivity contribution in [1.29, 1.82) is 0 Å². The van der Waals surface area contributed by atoms with E-state index < -0.39 is 0 Å². The number of carbonyl (C=O) groups excluding carboxylic acids is 1. The molecule has 3 aromatic rings. The molecular weight excluding hydrogens is 344 g/mol. The van der Waals surface area contributed by atoms with Crippen LogP contribution in [0, 0.1) is 6.92 Å². The van der Waals surface area contributed by atoms with Crippen LogP contribution in [0.4, 0.5) is 0 Å². The van der Waals surface area contributed by atoms with Gasteiger partial charge in [0, 0.05) is 19.0 Å². The number of H-pyrrole nitrogens is 1. The summed E-state index contributed by atoms with van der Waals surface area (Å²) < 4.78 is 1.54. The summed E-state index contributed by atoms with van der Waals surface area (Å²) in [6.45, 7) is 7.43. The van der Waals surface area contributed by atoms with E-state index in [1.54, 1.807) is 4.68 Å². The van der Waals surface area contributed by atoms with Gasteiger partial charge < -0.3 is 10.3 Å². The molecule has 9 heteroatoms. The Morgan fingerprint density at radius 3 is 2.93 bits per heavy atom. The molecule has 0 atom stereocenters. The Morgan fingerprint density at radius 1 is 1.37 bits per heavy atom. The predicted octanol–water partition coefficient (Wildman–Crippen LogP) is 1.06. The summed E-state index contributed by atoms with van der Waals surface area (Å²) in [6.07, 6.45) is 0.637. The molecule has 1 aromatic carbocycles. The topological polar surface area (TPSA) is 105 Å². The van der Waals surface area contributed by atoms with Crippen molar-refractivity contribution in [2.75, 3.05) is 13.6 Å². The largest absolute Gasteiger partial charge is 0.354 e. The Morgan fingerprint density at radius 2 is 2.19 bits per heavy atom. The second kappa shape index (κ2) is 8.26. The second-order valence-electron chi connectivity index (χ2n) is 7.02. The molecule has 9 nitrogen and oxygen atoms in total. The van der Waals surface area contributed by atoms with Gasteiger partial charge in [0.05, 0.1) is 17.6 Å². The van der Waals surface area contributed by atoms with Gasteiger partial charge in [-0.15, -0.1) is 5.10 Å². The number of rotatable bonds is 8. The number of amides is 1. The first-order chi connectivity index (χ1) is 12.9. The third kappa shape index (κ3) is 4.68. The molecule has 27 heavy (non-hydrogen) atoms. The maximum Gasteiger partial charge on any atom is 0.241 e. The fourth-order valence-electron chi connectivity index (χ4n) is 2.72. The summed E-state index contributed by atoms with van der Waals surface area (Å²) in [5.41, 5.74) is 3.13. The van der Waals surface area contributed by atoms with Crippen LogP contribution in [0.5, 0.6) is 0 Å². The summed E-state index contributed by atoms with van der Waals surface area (Å²) in [5, 5.41) is 14.5. The minimum atomic E-state index is -0.122. The van der Waals surface area contributed by atoms with Gasteiger partial charge in [-0.1, -0.05) is 12.1 Å².